The maximum atomic E-state index is 12.3. The Morgan fingerprint density at radius 1 is 1.47 bits per heavy atom. The second-order valence-corrected chi connectivity index (χ2v) is 4.38. The van der Waals surface area contributed by atoms with E-state index >= 15 is 0 Å². The van der Waals surface area contributed by atoms with E-state index in [4.69, 9.17) is 10.9 Å². The van der Waals surface area contributed by atoms with Crippen molar-refractivity contribution in [2.45, 2.75) is 18.4 Å². The monoisotopic (exact) mass is 237 g/mol. The van der Waals surface area contributed by atoms with Gasteiger partial charge in [-0.3, -0.25) is 0 Å². The average molecular weight is 237 g/mol. The number of alkyl halides is 2. The highest BCUT2D eigenvalue weighted by Crippen LogP contribution is 2.28. The van der Waals surface area contributed by atoms with Gasteiger partial charge in [-0.05, 0) is 6.92 Å². The van der Waals surface area contributed by atoms with Gasteiger partial charge in [0, 0.05) is 17.4 Å². The minimum atomic E-state index is -4.03. The van der Waals surface area contributed by atoms with Crippen molar-refractivity contribution in [3.8, 4) is 0 Å². The summed E-state index contributed by atoms with van der Waals surface area (Å²) < 4.78 is 46.6. The standard InChI is InChI=1S/C7H9F2N3O2S/c1-3-5(10)4(6(8)9)2-12-7(3)15(11,13)14/h2,6H,1H3,(H2,10,12)(H2,11,13,14). The third kappa shape index (κ3) is 2.21. The van der Waals surface area contributed by atoms with Gasteiger partial charge >= 0.3 is 0 Å². The Morgan fingerprint density at radius 3 is 2.40 bits per heavy atom. The average Bonchev–Trinajstić information content (AvgIpc) is 2.06. The zero-order valence-corrected chi connectivity index (χ0v) is 8.55. The molecule has 1 rings (SSSR count). The molecule has 1 heterocycles. The number of halogens is 2. The molecular weight excluding hydrogens is 228 g/mol. The quantitative estimate of drug-likeness (QED) is 0.784. The van der Waals surface area contributed by atoms with Crippen molar-refractivity contribution < 1.29 is 17.2 Å². The number of nitrogen functional groups attached to an aromatic ring is 1. The molecule has 4 N–H and O–H groups in total. The number of anilines is 1. The number of hydrogen-bond acceptors (Lipinski definition) is 4. The third-order valence-electron chi connectivity index (χ3n) is 1.86. The first-order valence-corrected chi connectivity index (χ1v) is 5.35. The van der Waals surface area contributed by atoms with Crippen LogP contribution in [0, 0.1) is 6.92 Å². The summed E-state index contributed by atoms with van der Waals surface area (Å²) in [4.78, 5) is 3.36. The largest absolute Gasteiger partial charge is 0.398 e. The molecule has 0 saturated heterocycles. The van der Waals surface area contributed by atoms with Gasteiger partial charge < -0.3 is 5.73 Å². The highest BCUT2D eigenvalue weighted by molar-refractivity contribution is 7.89. The molecule has 15 heavy (non-hydrogen) atoms. The summed E-state index contributed by atoms with van der Waals surface area (Å²) in [6.45, 7) is 1.27. The van der Waals surface area contributed by atoms with Crippen LogP contribution in [0.4, 0.5) is 14.5 Å². The lowest BCUT2D eigenvalue weighted by Gasteiger charge is -2.09. The minimum Gasteiger partial charge on any atom is -0.398 e. The van der Waals surface area contributed by atoms with Crippen LogP contribution in [0.5, 0.6) is 0 Å². The van der Waals surface area contributed by atoms with Gasteiger partial charge in [0.15, 0.2) is 5.03 Å². The van der Waals surface area contributed by atoms with Crippen LogP contribution in [-0.4, -0.2) is 13.4 Å². The van der Waals surface area contributed by atoms with E-state index in [1.807, 2.05) is 0 Å². The number of hydrogen-bond donors (Lipinski definition) is 2. The van der Waals surface area contributed by atoms with Crippen LogP contribution in [0.25, 0.3) is 0 Å². The first kappa shape index (κ1) is 11.8. The summed E-state index contributed by atoms with van der Waals surface area (Å²) in [5, 5.41) is 4.34. The Hall–Kier alpha value is -1.28. The Kier molecular flexibility index (Phi) is 2.91. The topological polar surface area (TPSA) is 99.1 Å². The lowest BCUT2D eigenvalue weighted by atomic mass is 10.2. The lowest BCUT2D eigenvalue weighted by Crippen LogP contribution is -2.17. The fraction of sp³-hybridized carbons (Fsp3) is 0.286. The first-order valence-electron chi connectivity index (χ1n) is 3.81. The normalized spacial score (nSPS) is 12.1. The van der Waals surface area contributed by atoms with Crippen LogP contribution in [0.2, 0.25) is 0 Å². The molecule has 0 spiro atoms. The van der Waals surface area contributed by atoms with Crippen molar-refractivity contribution >= 4 is 15.7 Å². The van der Waals surface area contributed by atoms with Crippen LogP contribution >= 0.6 is 0 Å². The van der Waals surface area contributed by atoms with E-state index in [9.17, 15) is 17.2 Å². The minimum absolute atomic E-state index is 0.0599. The summed E-state index contributed by atoms with van der Waals surface area (Å²) >= 11 is 0. The number of aromatic nitrogens is 1. The van der Waals surface area contributed by atoms with Gasteiger partial charge in [-0.25, -0.2) is 27.3 Å². The van der Waals surface area contributed by atoms with E-state index in [1.54, 1.807) is 0 Å². The third-order valence-corrected chi connectivity index (χ3v) is 2.81. The number of rotatable bonds is 2. The SMILES string of the molecule is Cc1c(S(N)(=O)=O)ncc(C(F)F)c1N. The maximum Gasteiger partial charge on any atom is 0.267 e. The molecule has 5 nitrogen and oxygen atoms in total. The van der Waals surface area contributed by atoms with Crippen molar-refractivity contribution in [1.29, 1.82) is 0 Å². The molecule has 0 fully saturated rings. The number of primary sulfonamides is 1. The molecule has 8 heteroatoms. The van der Waals surface area contributed by atoms with Crippen LogP contribution in [0.3, 0.4) is 0 Å². The predicted octanol–water partition coefficient (Wildman–Crippen LogP) is 0.557. The summed E-state index contributed by atoms with van der Waals surface area (Å²) in [6.07, 6.45) is -2.09. The molecule has 0 atom stereocenters. The van der Waals surface area contributed by atoms with Gasteiger partial charge in [0.25, 0.3) is 16.4 Å². The van der Waals surface area contributed by atoms with Gasteiger partial charge in [0.05, 0.1) is 5.56 Å². The van der Waals surface area contributed by atoms with Crippen molar-refractivity contribution in [1.82, 2.24) is 4.98 Å². The Morgan fingerprint density at radius 2 is 2.00 bits per heavy atom. The van der Waals surface area contributed by atoms with Crippen LogP contribution in [-0.2, 0) is 10.0 Å². The molecule has 0 amide bonds. The molecule has 84 valence electrons. The van der Waals surface area contributed by atoms with E-state index in [0.29, 0.717) is 6.20 Å². The van der Waals surface area contributed by atoms with Crippen molar-refractivity contribution in [3.05, 3.63) is 17.3 Å². The Labute approximate surface area is 85.2 Å². The maximum absolute atomic E-state index is 12.3. The molecule has 0 saturated carbocycles. The van der Waals surface area contributed by atoms with Crippen LogP contribution in [0.15, 0.2) is 11.2 Å². The first-order chi connectivity index (χ1) is 6.75. The van der Waals surface area contributed by atoms with E-state index in [0.717, 1.165) is 0 Å². The van der Waals surface area contributed by atoms with Gasteiger partial charge in [0.2, 0.25) is 0 Å². The van der Waals surface area contributed by atoms with Crippen molar-refractivity contribution in [2.24, 2.45) is 5.14 Å². The molecule has 0 radical (unpaired) electrons. The molecule has 1 aromatic rings. The predicted molar refractivity (Wildman–Crippen MR) is 49.7 cm³/mol. The van der Waals surface area contributed by atoms with Gasteiger partial charge in [-0.1, -0.05) is 0 Å². The summed E-state index contributed by atoms with van der Waals surface area (Å²) in [7, 11) is -4.03. The van der Waals surface area contributed by atoms with Gasteiger partial charge in [-0.15, -0.1) is 0 Å². The van der Waals surface area contributed by atoms with Crippen molar-refractivity contribution in [2.75, 3.05) is 5.73 Å². The zero-order valence-electron chi connectivity index (χ0n) is 7.74. The van der Waals surface area contributed by atoms with Gasteiger partial charge in [-0.2, -0.15) is 0 Å². The molecule has 0 aliphatic heterocycles. The fourth-order valence-electron chi connectivity index (χ4n) is 1.09. The van der Waals surface area contributed by atoms with E-state index in [-0.39, 0.29) is 11.3 Å². The van der Waals surface area contributed by atoms with E-state index in [2.05, 4.69) is 4.98 Å². The Balaban J connectivity index is 3.48. The summed E-state index contributed by atoms with van der Waals surface area (Å²) in [6, 6.07) is 0. The number of nitrogens with two attached hydrogens (primary N) is 2. The highest BCUT2D eigenvalue weighted by Gasteiger charge is 2.20. The van der Waals surface area contributed by atoms with E-state index in [1.165, 1.54) is 6.92 Å². The van der Waals surface area contributed by atoms with Crippen LogP contribution < -0.4 is 10.9 Å². The van der Waals surface area contributed by atoms with Crippen LogP contribution in [0.1, 0.15) is 17.6 Å². The summed E-state index contributed by atoms with van der Waals surface area (Å²) in [5.41, 5.74) is 4.48. The number of nitrogens with zero attached hydrogens (tertiary/aromatic N) is 1. The molecule has 1 aromatic heterocycles. The molecule has 0 bridgehead atoms. The second kappa shape index (κ2) is 3.70. The lowest BCUT2D eigenvalue weighted by molar-refractivity contribution is 0.151. The van der Waals surface area contributed by atoms with Gasteiger partial charge in [0.1, 0.15) is 0 Å². The molecule has 0 aliphatic rings. The highest BCUT2D eigenvalue weighted by atomic mass is 32.2. The molecule has 0 aromatic carbocycles. The van der Waals surface area contributed by atoms with E-state index < -0.39 is 27.0 Å². The molecule has 0 unspecified atom stereocenters. The fourth-order valence-corrected chi connectivity index (χ4v) is 1.82. The number of sulfonamides is 1. The Bertz CT molecular complexity index is 487. The zero-order chi connectivity index (χ0) is 11.8. The summed E-state index contributed by atoms with van der Waals surface area (Å²) in [5.74, 6) is 0. The number of pyridine rings is 1. The smallest absolute Gasteiger partial charge is 0.267 e. The molecule has 0 aliphatic carbocycles. The molecular formula is C7H9F2N3O2S. The second-order valence-electron chi connectivity index (χ2n) is 2.90. The van der Waals surface area contributed by atoms with Crippen molar-refractivity contribution in [3.63, 3.8) is 0 Å².